The largest absolute Gasteiger partial charge is 0.497 e. The van der Waals surface area contributed by atoms with E-state index in [2.05, 4.69) is 26.8 Å². The van der Waals surface area contributed by atoms with Gasteiger partial charge in [-0.3, -0.25) is 14.5 Å². The van der Waals surface area contributed by atoms with Crippen LogP contribution in [0.15, 0.2) is 29.4 Å². The summed E-state index contributed by atoms with van der Waals surface area (Å²) in [6.07, 6.45) is 3.03. The van der Waals surface area contributed by atoms with Gasteiger partial charge in [0, 0.05) is 19.4 Å². The lowest BCUT2D eigenvalue weighted by atomic mass is 10.0. The van der Waals surface area contributed by atoms with E-state index in [-0.39, 0.29) is 17.9 Å². The smallest absolute Gasteiger partial charge is 0.267 e. The van der Waals surface area contributed by atoms with Crippen molar-refractivity contribution in [3.8, 4) is 5.75 Å². The summed E-state index contributed by atoms with van der Waals surface area (Å²) in [6, 6.07) is 8.08. The van der Waals surface area contributed by atoms with Crippen LogP contribution in [0.4, 0.5) is 0 Å². The maximum atomic E-state index is 12.3. The van der Waals surface area contributed by atoms with Gasteiger partial charge in [-0.05, 0) is 43.6 Å². The zero-order valence-corrected chi connectivity index (χ0v) is 14.5. The van der Waals surface area contributed by atoms with Crippen LogP contribution in [-0.4, -0.2) is 49.2 Å². The highest BCUT2D eigenvalue weighted by Crippen LogP contribution is 2.27. The summed E-state index contributed by atoms with van der Waals surface area (Å²) >= 11 is 0. The van der Waals surface area contributed by atoms with E-state index >= 15 is 0 Å². The van der Waals surface area contributed by atoms with Crippen molar-refractivity contribution in [2.45, 2.75) is 31.7 Å². The molecule has 1 aromatic carbocycles. The molecule has 0 radical (unpaired) electrons. The van der Waals surface area contributed by atoms with Crippen LogP contribution < -0.4 is 15.5 Å². The van der Waals surface area contributed by atoms with E-state index in [1.54, 1.807) is 7.11 Å². The number of hydrazone groups is 1. The summed E-state index contributed by atoms with van der Waals surface area (Å²) < 4.78 is 5.33. The van der Waals surface area contributed by atoms with Gasteiger partial charge in [-0.25, -0.2) is 5.43 Å². The van der Waals surface area contributed by atoms with Crippen molar-refractivity contribution < 1.29 is 14.3 Å². The van der Waals surface area contributed by atoms with Crippen LogP contribution in [0.25, 0.3) is 0 Å². The predicted octanol–water partition coefficient (Wildman–Crippen LogP) is 1.21. The Morgan fingerprint density at radius 2 is 2.16 bits per heavy atom. The highest BCUT2D eigenvalue weighted by molar-refractivity contribution is 6.39. The fourth-order valence-electron chi connectivity index (χ4n) is 3.29. The Morgan fingerprint density at radius 3 is 2.84 bits per heavy atom. The molecule has 25 heavy (non-hydrogen) atoms. The Kier molecular flexibility index (Phi) is 5.65. The summed E-state index contributed by atoms with van der Waals surface area (Å²) in [5, 5.41) is 6.83. The van der Waals surface area contributed by atoms with Gasteiger partial charge in [-0.2, -0.15) is 5.10 Å². The number of benzene rings is 1. The average molecular weight is 344 g/mol. The zero-order valence-electron chi connectivity index (χ0n) is 14.5. The lowest BCUT2D eigenvalue weighted by Crippen LogP contribution is -2.41. The Hall–Kier alpha value is -2.41. The molecule has 0 spiro atoms. The van der Waals surface area contributed by atoms with Crippen LogP contribution in [-0.2, 0) is 9.59 Å². The fraction of sp³-hybridized carbons (Fsp3) is 0.500. The van der Waals surface area contributed by atoms with Crippen LogP contribution in [0.3, 0.4) is 0 Å². The second-order valence-corrected chi connectivity index (χ2v) is 6.34. The first-order chi connectivity index (χ1) is 12.2. The molecule has 0 bridgehead atoms. The number of hydrogen-bond acceptors (Lipinski definition) is 5. The normalized spacial score (nSPS) is 19.1. The Bertz CT molecular complexity index is 668. The minimum Gasteiger partial charge on any atom is -0.497 e. The third kappa shape index (κ3) is 4.36. The summed E-state index contributed by atoms with van der Waals surface area (Å²) in [7, 11) is 1.65. The molecule has 2 heterocycles. The van der Waals surface area contributed by atoms with Crippen molar-refractivity contribution in [3.63, 3.8) is 0 Å². The number of carbonyl (C=O) groups excluding carboxylic acids is 2. The van der Waals surface area contributed by atoms with E-state index < -0.39 is 0 Å². The Morgan fingerprint density at radius 1 is 1.36 bits per heavy atom. The highest BCUT2D eigenvalue weighted by atomic mass is 16.5. The first-order valence-electron chi connectivity index (χ1n) is 8.69. The standard InChI is InChI=1S/C18H24N4O3/c1-25-14-6-4-5-13(11-14)16(22-9-2-3-10-22)12-19-18(24)15-7-8-17(23)21-20-15/h4-6,11,16H,2-3,7-10,12H2,1H3,(H,19,24)(H,21,23)/t16-/m0/s1. The van der Waals surface area contributed by atoms with E-state index in [0.29, 0.717) is 25.1 Å². The molecule has 2 amide bonds. The molecule has 0 saturated carbocycles. The number of carbonyl (C=O) groups is 2. The first kappa shape index (κ1) is 17.4. The topological polar surface area (TPSA) is 83.0 Å². The number of rotatable bonds is 6. The molecule has 0 aliphatic carbocycles. The number of nitrogens with zero attached hydrogens (tertiary/aromatic N) is 2. The van der Waals surface area contributed by atoms with Crippen molar-refractivity contribution >= 4 is 17.5 Å². The number of hydrogen-bond donors (Lipinski definition) is 2. The molecule has 0 unspecified atom stereocenters. The summed E-state index contributed by atoms with van der Waals surface area (Å²) in [6.45, 7) is 2.54. The monoisotopic (exact) mass is 344 g/mol. The van der Waals surface area contributed by atoms with Gasteiger partial charge in [-0.15, -0.1) is 0 Å². The molecule has 3 rings (SSSR count). The molecule has 2 aliphatic heterocycles. The lowest BCUT2D eigenvalue weighted by molar-refractivity contribution is -0.121. The molecular formula is C18H24N4O3. The highest BCUT2D eigenvalue weighted by Gasteiger charge is 2.25. The molecule has 134 valence electrons. The summed E-state index contributed by atoms with van der Waals surface area (Å²) in [5.74, 6) is 0.447. The van der Waals surface area contributed by atoms with Gasteiger partial charge in [0.2, 0.25) is 5.91 Å². The molecule has 1 atom stereocenters. The molecule has 2 aliphatic rings. The van der Waals surface area contributed by atoms with E-state index in [0.717, 1.165) is 24.4 Å². The maximum absolute atomic E-state index is 12.3. The maximum Gasteiger partial charge on any atom is 0.267 e. The fourth-order valence-corrected chi connectivity index (χ4v) is 3.29. The van der Waals surface area contributed by atoms with Crippen LogP contribution in [0, 0.1) is 0 Å². The number of amides is 2. The average Bonchev–Trinajstić information content (AvgIpc) is 3.17. The summed E-state index contributed by atoms with van der Waals surface area (Å²) in [4.78, 5) is 25.9. The summed E-state index contributed by atoms with van der Waals surface area (Å²) in [5.41, 5.74) is 3.87. The van der Waals surface area contributed by atoms with Crippen LogP contribution in [0.1, 0.15) is 37.3 Å². The first-order valence-corrected chi connectivity index (χ1v) is 8.69. The van der Waals surface area contributed by atoms with Crippen molar-refractivity contribution in [1.29, 1.82) is 0 Å². The van der Waals surface area contributed by atoms with E-state index in [9.17, 15) is 9.59 Å². The van der Waals surface area contributed by atoms with Crippen molar-refractivity contribution in [2.75, 3.05) is 26.7 Å². The number of methoxy groups -OCH3 is 1. The molecule has 2 N–H and O–H groups in total. The van der Waals surface area contributed by atoms with Crippen molar-refractivity contribution in [1.82, 2.24) is 15.6 Å². The Labute approximate surface area is 147 Å². The van der Waals surface area contributed by atoms with Gasteiger partial charge in [0.1, 0.15) is 11.5 Å². The van der Waals surface area contributed by atoms with Crippen LogP contribution >= 0.6 is 0 Å². The van der Waals surface area contributed by atoms with E-state index in [4.69, 9.17) is 4.74 Å². The van der Waals surface area contributed by atoms with E-state index in [1.807, 2.05) is 18.2 Å². The zero-order chi connectivity index (χ0) is 17.6. The van der Waals surface area contributed by atoms with Gasteiger partial charge < -0.3 is 10.1 Å². The van der Waals surface area contributed by atoms with Crippen molar-refractivity contribution in [3.05, 3.63) is 29.8 Å². The van der Waals surface area contributed by atoms with Crippen molar-refractivity contribution in [2.24, 2.45) is 5.10 Å². The predicted molar refractivity (Wildman–Crippen MR) is 94.4 cm³/mol. The van der Waals surface area contributed by atoms with Gasteiger partial charge in [0.05, 0.1) is 13.2 Å². The number of ether oxygens (including phenoxy) is 1. The third-order valence-corrected chi connectivity index (χ3v) is 4.68. The minimum absolute atomic E-state index is 0.0975. The minimum atomic E-state index is -0.216. The number of nitrogens with one attached hydrogen (secondary N) is 2. The second-order valence-electron chi connectivity index (χ2n) is 6.34. The molecule has 0 aromatic heterocycles. The molecule has 1 saturated heterocycles. The van der Waals surface area contributed by atoms with Gasteiger partial charge in [0.15, 0.2) is 0 Å². The third-order valence-electron chi connectivity index (χ3n) is 4.68. The van der Waals surface area contributed by atoms with Crippen LogP contribution in [0.5, 0.6) is 5.75 Å². The van der Waals surface area contributed by atoms with E-state index in [1.165, 1.54) is 12.8 Å². The lowest BCUT2D eigenvalue weighted by Gasteiger charge is -2.28. The quantitative estimate of drug-likeness (QED) is 0.813. The van der Waals surface area contributed by atoms with Gasteiger partial charge >= 0.3 is 0 Å². The van der Waals surface area contributed by atoms with Gasteiger partial charge in [-0.1, -0.05) is 12.1 Å². The van der Waals surface area contributed by atoms with Crippen LogP contribution in [0.2, 0.25) is 0 Å². The molecular weight excluding hydrogens is 320 g/mol. The molecule has 1 aromatic rings. The van der Waals surface area contributed by atoms with Gasteiger partial charge in [0.25, 0.3) is 5.91 Å². The SMILES string of the molecule is COc1cccc([C@H](CNC(=O)C2=NNC(=O)CC2)N2CCCC2)c1. The molecule has 1 fully saturated rings. The Balaban J connectivity index is 1.69. The molecule has 7 heteroatoms. The second kappa shape index (κ2) is 8.11. The molecule has 7 nitrogen and oxygen atoms in total. The number of likely N-dealkylation sites (tertiary alicyclic amines) is 1.